The van der Waals surface area contributed by atoms with E-state index in [4.69, 9.17) is 4.74 Å². The molecule has 0 aliphatic rings. The molecular weight excluding hydrogens is 238 g/mol. The first kappa shape index (κ1) is 14.3. The average Bonchev–Trinajstić information content (AvgIpc) is 2.29. The van der Waals surface area contributed by atoms with E-state index >= 15 is 0 Å². The minimum Gasteiger partial charge on any atom is -0.391 e. The van der Waals surface area contributed by atoms with Gasteiger partial charge in [-0.3, -0.25) is 10.1 Å². The zero-order valence-electron chi connectivity index (χ0n) is 10.4. The van der Waals surface area contributed by atoms with Crippen LogP contribution >= 0.6 is 0 Å². The summed E-state index contributed by atoms with van der Waals surface area (Å²) in [6, 6.07) is 3.00. The van der Waals surface area contributed by atoms with Crippen LogP contribution in [-0.4, -0.2) is 41.4 Å². The van der Waals surface area contributed by atoms with E-state index in [1.807, 2.05) is 0 Å². The Morgan fingerprint density at radius 3 is 2.94 bits per heavy atom. The number of aromatic nitrogens is 1. The van der Waals surface area contributed by atoms with E-state index in [0.717, 1.165) is 0 Å². The van der Waals surface area contributed by atoms with Gasteiger partial charge in [-0.15, -0.1) is 0 Å². The van der Waals surface area contributed by atoms with Crippen molar-refractivity contribution in [2.24, 2.45) is 0 Å². The van der Waals surface area contributed by atoms with Gasteiger partial charge in [0.05, 0.1) is 17.6 Å². The predicted octanol–water partition coefficient (Wildman–Crippen LogP) is 1.11. The molecule has 0 spiro atoms. The van der Waals surface area contributed by atoms with E-state index in [2.05, 4.69) is 10.3 Å². The molecule has 2 N–H and O–H groups in total. The summed E-state index contributed by atoms with van der Waals surface area (Å²) < 4.78 is 4.79. The number of pyridine rings is 1. The Morgan fingerprint density at radius 1 is 1.61 bits per heavy atom. The minimum atomic E-state index is -0.591. The Hall–Kier alpha value is -1.73. The van der Waals surface area contributed by atoms with Crippen LogP contribution in [0.4, 0.5) is 11.5 Å². The summed E-state index contributed by atoms with van der Waals surface area (Å²) in [7, 11) is 1.50. The Bertz CT molecular complexity index is 411. The highest BCUT2D eigenvalue weighted by Crippen LogP contribution is 2.21. The molecule has 0 radical (unpaired) electrons. The van der Waals surface area contributed by atoms with Crippen molar-refractivity contribution in [1.29, 1.82) is 0 Å². The van der Waals surface area contributed by atoms with Gasteiger partial charge in [-0.05, 0) is 19.4 Å². The van der Waals surface area contributed by atoms with Gasteiger partial charge in [-0.1, -0.05) is 0 Å². The van der Waals surface area contributed by atoms with Gasteiger partial charge < -0.3 is 15.2 Å². The van der Waals surface area contributed by atoms with E-state index in [9.17, 15) is 15.2 Å². The Balaban J connectivity index is 2.60. The lowest BCUT2D eigenvalue weighted by atomic mass is 10.2. The van der Waals surface area contributed by atoms with Gasteiger partial charge in [0, 0.05) is 25.4 Å². The number of aliphatic hydroxyl groups excluding tert-OH is 1. The van der Waals surface area contributed by atoms with E-state index in [-0.39, 0.29) is 18.1 Å². The molecule has 1 aromatic rings. The van der Waals surface area contributed by atoms with E-state index in [1.54, 1.807) is 13.0 Å². The summed E-state index contributed by atoms with van der Waals surface area (Å²) in [6.45, 7) is 2.39. The lowest BCUT2D eigenvalue weighted by molar-refractivity contribution is -0.384. The molecule has 1 atom stereocenters. The lowest BCUT2D eigenvalue weighted by Gasteiger charge is -2.10. The number of aliphatic hydroxyl groups is 1. The number of hydrogen-bond acceptors (Lipinski definition) is 6. The van der Waals surface area contributed by atoms with E-state index in [0.29, 0.717) is 18.7 Å². The summed E-state index contributed by atoms with van der Waals surface area (Å²) in [5.74, 6) is 0.226. The second-order valence-corrected chi connectivity index (χ2v) is 3.90. The number of hydrogen-bond donors (Lipinski definition) is 2. The summed E-state index contributed by atoms with van der Waals surface area (Å²) in [5.41, 5.74) is 0.627. The normalized spacial score (nSPS) is 12.2. The first-order valence-electron chi connectivity index (χ1n) is 5.57. The van der Waals surface area contributed by atoms with Crippen molar-refractivity contribution in [2.45, 2.75) is 19.4 Å². The van der Waals surface area contributed by atoms with Crippen molar-refractivity contribution in [1.82, 2.24) is 4.98 Å². The second-order valence-electron chi connectivity index (χ2n) is 3.90. The average molecular weight is 255 g/mol. The van der Waals surface area contributed by atoms with Crippen LogP contribution in [0, 0.1) is 17.0 Å². The molecule has 0 aromatic carbocycles. The van der Waals surface area contributed by atoms with Crippen molar-refractivity contribution in [3.05, 3.63) is 27.9 Å². The molecule has 1 heterocycles. The van der Waals surface area contributed by atoms with Crippen LogP contribution in [0.25, 0.3) is 0 Å². The van der Waals surface area contributed by atoms with Gasteiger partial charge in [0.2, 0.25) is 5.82 Å². The van der Waals surface area contributed by atoms with Gasteiger partial charge in [-0.2, -0.15) is 0 Å². The molecule has 18 heavy (non-hydrogen) atoms. The number of methoxy groups -OCH3 is 1. The predicted molar refractivity (Wildman–Crippen MR) is 66.6 cm³/mol. The largest absolute Gasteiger partial charge is 0.391 e. The van der Waals surface area contributed by atoms with E-state index < -0.39 is 11.0 Å². The molecular formula is C11H17N3O4. The number of nitrogens with one attached hydrogen (secondary N) is 1. The van der Waals surface area contributed by atoms with Crippen LogP contribution in [0.2, 0.25) is 0 Å². The first-order chi connectivity index (χ1) is 8.54. The SMILES string of the molecule is COCC(O)CCNc1nc(C)ccc1[N+](=O)[O-]. The number of nitrogens with zero attached hydrogens (tertiary/aromatic N) is 2. The van der Waals surface area contributed by atoms with Gasteiger partial charge in [-0.25, -0.2) is 4.98 Å². The molecule has 0 aliphatic carbocycles. The highest BCUT2D eigenvalue weighted by molar-refractivity contribution is 5.55. The minimum absolute atomic E-state index is 0.0677. The van der Waals surface area contributed by atoms with Crippen LogP contribution in [0.3, 0.4) is 0 Å². The van der Waals surface area contributed by atoms with Crippen LogP contribution in [-0.2, 0) is 4.74 Å². The van der Waals surface area contributed by atoms with Crippen molar-refractivity contribution >= 4 is 11.5 Å². The fourth-order valence-corrected chi connectivity index (χ4v) is 1.46. The maximum Gasteiger partial charge on any atom is 0.311 e. The van der Waals surface area contributed by atoms with Crippen molar-refractivity contribution in [2.75, 3.05) is 25.6 Å². The molecule has 1 unspecified atom stereocenters. The zero-order valence-corrected chi connectivity index (χ0v) is 10.4. The Kier molecular flexibility index (Phi) is 5.47. The molecule has 7 heteroatoms. The van der Waals surface area contributed by atoms with E-state index in [1.165, 1.54) is 13.2 Å². The number of rotatable bonds is 7. The summed E-state index contributed by atoms with van der Waals surface area (Å²) in [5, 5.41) is 23.1. The summed E-state index contributed by atoms with van der Waals surface area (Å²) >= 11 is 0. The molecule has 0 aliphatic heterocycles. The van der Waals surface area contributed by atoms with Crippen LogP contribution in [0.5, 0.6) is 0 Å². The molecule has 0 bridgehead atoms. The molecule has 0 saturated carbocycles. The molecule has 0 amide bonds. The fourth-order valence-electron chi connectivity index (χ4n) is 1.46. The van der Waals surface area contributed by atoms with Gasteiger partial charge in [0.15, 0.2) is 0 Å². The number of anilines is 1. The number of nitro groups is 1. The topological polar surface area (TPSA) is 97.5 Å². The monoisotopic (exact) mass is 255 g/mol. The van der Waals surface area contributed by atoms with Crippen LogP contribution in [0.1, 0.15) is 12.1 Å². The fraction of sp³-hybridized carbons (Fsp3) is 0.545. The second kappa shape index (κ2) is 6.87. The number of aryl methyl sites for hydroxylation is 1. The summed E-state index contributed by atoms with van der Waals surface area (Å²) in [4.78, 5) is 14.4. The Labute approximate surface area is 105 Å². The highest BCUT2D eigenvalue weighted by Gasteiger charge is 2.15. The van der Waals surface area contributed by atoms with Gasteiger partial charge >= 0.3 is 5.69 Å². The first-order valence-corrected chi connectivity index (χ1v) is 5.57. The summed E-state index contributed by atoms with van der Waals surface area (Å²) in [6.07, 6.45) is -0.160. The van der Waals surface area contributed by atoms with Gasteiger partial charge in [0.1, 0.15) is 0 Å². The van der Waals surface area contributed by atoms with Crippen molar-refractivity contribution in [3.8, 4) is 0 Å². The maximum absolute atomic E-state index is 10.8. The molecule has 100 valence electrons. The number of ether oxygens (including phenoxy) is 1. The van der Waals surface area contributed by atoms with Crippen molar-refractivity contribution < 1.29 is 14.8 Å². The molecule has 7 nitrogen and oxygen atoms in total. The maximum atomic E-state index is 10.8. The third-order valence-corrected chi connectivity index (χ3v) is 2.34. The lowest BCUT2D eigenvalue weighted by Crippen LogP contribution is -2.19. The van der Waals surface area contributed by atoms with Crippen LogP contribution in [0.15, 0.2) is 12.1 Å². The Morgan fingerprint density at radius 2 is 2.33 bits per heavy atom. The van der Waals surface area contributed by atoms with Crippen LogP contribution < -0.4 is 5.32 Å². The third-order valence-electron chi connectivity index (χ3n) is 2.34. The highest BCUT2D eigenvalue weighted by atomic mass is 16.6. The van der Waals surface area contributed by atoms with Crippen molar-refractivity contribution in [3.63, 3.8) is 0 Å². The molecule has 1 rings (SSSR count). The standard InChI is InChI=1S/C11H17N3O4/c1-8-3-4-10(14(16)17)11(13-8)12-6-5-9(15)7-18-2/h3-4,9,15H,5-7H2,1-2H3,(H,12,13). The molecule has 0 saturated heterocycles. The zero-order chi connectivity index (χ0) is 13.5. The smallest absolute Gasteiger partial charge is 0.311 e. The van der Waals surface area contributed by atoms with Gasteiger partial charge in [0.25, 0.3) is 0 Å². The molecule has 0 fully saturated rings. The third kappa shape index (κ3) is 4.27. The molecule has 1 aromatic heterocycles. The quantitative estimate of drug-likeness (QED) is 0.559.